The normalized spacial score (nSPS) is 14.9. The maximum Gasteiger partial charge on any atom is 0.222 e. The summed E-state index contributed by atoms with van der Waals surface area (Å²) >= 11 is 0. The third-order valence-electron chi connectivity index (χ3n) is 4.40. The highest BCUT2D eigenvalue weighted by Crippen LogP contribution is 2.13. The minimum absolute atomic E-state index is 0.0510. The van der Waals surface area contributed by atoms with Crippen molar-refractivity contribution < 1.29 is 14.3 Å². The maximum absolute atomic E-state index is 11.9. The molecule has 0 unspecified atom stereocenters. The van der Waals surface area contributed by atoms with Crippen LogP contribution in [0.1, 0.15) is 50.5 Å². The van der Waals surface area contributed by atoms with Crippen molar-refractivity contribution in [3.63, 3.8) is 0 Å². The third-order valence-corrected chi connectivity index (χ3v) is 4.40. The van der Waals surface area contributed by atoms with Gasteiger partial charge in [-0.2, -0.15) is 0 Å². The summed E-state index contributed by atoms with van der Waals surface area (Å²) < 4.78 is 5.64. The van der Waals surface area contributed by atoms with Crippen LogP contribution in [0.25, 0.3) is 0 Å². The Bertz CT molecular complexity index is 560. The number of nitrogens with zero attached hydrogens (tertiary/aromatic N) is 1. The van der Waals surface area contributed by atoms with Crippen molar-refractivity contribution in [2.75, 3.05) is 26.2 Å². The van der Waals surface area contributed by atoms with Crippen LogP contribution < -0.4 is 10.1 Å². The number of carbonyl (C=O) groups is 2. The molecule has 1 aromatic carbocycles. The highest BCUT2D eigenvalue weighted by atomic mass is 16.5. The van der Waals surface area contributed by atoms with Gasteiger partial charge in [-0.15, -0.1) is 0 Å². The van der Waals surface area contributed by atoms with Crippen molar-refractivity contribution in [3.8, 4) is 5.75 Å². The minimum atomic E-state index is 0.0510. The van der Waals surface area contributed by atoms with Crippen molar-refractivity contribution in [1.29, 1.82) is 0 Å². The fourth-order valence-corrected chi connectivity index (χ4v) is 2.99. The van der Waals surface area contributed by atoms with Gasteiger partial charge < -0.3 is 15.0 Å². The van der Waals surface area contributed by atoms with Gasteiger partial charge in [-0.3, -0.25) is 9.59 Å². The number of hydrogen-bond donors (Lipinski definition) is 1. The zero-order valence-corrected chi connectivity index (χ0v) is 15.3. The number of ether oxygens (including phenoxy) is 1. The van der Waals surface area contributed by atoms with Crippen molar-refractivity contribution in [1.82, 2.24) is 10.2 Å². The number of benzene rings is 1. The molecular weight excluding hydrogens is 316 g/mol. The molecule has 2 rings (SSSR count). The van der Waals surface area contributed by atoms with Crippen molar-refractivity contribution in [2.24, 2.45) is 0 Å². The predicted molar refractivity (Wildman–Crippen MR) is 98.6 cm³/mol. The van der Waals surface area contributed by atoms with Gasteiger partial charge in [0.1, 0.15) is 5.75 Å². The van der Waals surface area contributed by atoms with Gasteiger partial charge in [-0.25, -0.2) is 0 Å². The standard InChI is InChI=1S/C20H30N2O3/c1-17-8-5-9-18(16-17)25-15-6-10-19(23)21-12-7-14-22-13-4-2-3-11-20(22)24/h5,8-9,16H,2-4,6-7,10-15H2,1H3,(H,21,23). The molecule has 1 fully saturated rings. The molecule has 25 heavy (non-hydrogen) atoms. The Morgan fingerprint density at radius 1 is 1.24 bits per heavy atom. The monoisotopic (exact) mass is 346 g/mol. The minimum Gasteiger partial charge on any atom is -0.494 e. The first kappa shape index (κ1) is 19.3. The Hall–Kier alpha value is -2.04. The molecule has 0 aliphatic carbocycles. The molecule has 1 heterocycles. The first-order chi connectivity index (χ1) is 12.1. The van der Waals surface area contributed by atoms with E-state index in [9.17, 15) is 9.59 Å². The number of amides is 2. The van der Waals surface area contributed by atoms with Gasteiger partial charge in [-0.1, -0.05) is 18.6 Å². The van der Waals surface area contributed by atoms with Crippen LogP contribution in [0.2, 0.25) is 0 Å². The zero-order chi connectivity index (χ0) is 17.9. The van der Waals surface area contributed by atoms with Crippen LogP contribution in [0, 0.1) is 6.92 Å². The Kier molecular flexibility index (Phi) is 8.29. The van der Waals surface area contributed by atoms with Gasteiger partial charge in [0.2, 0.25) is 11.8 Å². The van der Waals surface area contributed by atoms with E-state index in [0.717, 1.165) is 50.1 Å². The molecule has 1 aliphatic rings. The van der Waals surface area contributed by atoms with Gasteiger partial charge in [0.15, 0.2) is 0 Å². The van der Waals surface area contributed by atoms with E-state index in [1.54, 1.807) is 0 Å². The number of carbonyl (C=O) groups excluding carboxylic acids is 2. The lowest BCUT2D eigenvalue weighted by atomic mass is 10.2. The highest BCUT2D eigenvalue weighted by molar-refractivity contribution is 5.76. The summed E-state index contributed by atoms with van der Waals surface area (Å²) in [4.78, 5) is 25.7. The molecular formula is C20H30N2O3. The molecule has 0 saturated carbocycles. The Morgan fingerprint density at radius 3 is 2.96 bits per heavy atom. The predicted octanol–water partition coefficient (Wildman–Crippen LogP) is 3.06. The van der Waals surface area contributed by atoms with Crippen LogP contribution in [-0.4, -0.2) is 43.0 Å². The van der Waals surface area contributed by atoms with Gasteiger partial charge in [-0.05, 0) is 50.3 Å². The molecule has 138 valence electrons. The van der Waals surface area contributed by atoms with Crippen molar-refractivity contribution in [2.45, 2.75) is 51.9 Å². The average molecular weight is 346 g/mol. The van der Waals surface area contributed by atoms with Crippen LogP contribution >= 0.6 is 0 Å². The summed E-state index contributed by atoms with van der Waals surface area (Å²) in [5.41, 5.74) is 1.16. The van der Waals surface area contributed by atoms with E-state index in [4.69, 9.17) is 4.74 Å². The Labute approximate surface area is 150 Å². The fraction of sp³-hybridized carbons (Fsp3) is 0.600. The Balaban J connectivity index is 1.51. The number of rotatable bonds is 9. The lowest BCUT2D eigenvalue weighted by molar-refractivity contribution is -0.130. The molecule has 2 amide bonds. The average Bonchev–Trinajstić information content (AvgIpc) is 2.80. The summed E-state index contributed by atoms with van der Waals surface area (Å²) in [5.74, 6) is 1.16. The van der Waals surface area contributed by atoms with E-state index in [1.165, 1.54) is 0 Å². The van der Waals surface area contributed by atoms with E-state index in [0.29, 0.717) is 32.4 Å². The summed E-state index contributed by atoms with van der Waals surface area (Å²) in [6.45, 7) is 4.80. The third kappa shape index (κ3) is 7.59. The molecule has 0 spiro atoms. The van der Waals surface area contributed by atoms with Crippen LogP contribution in [0.4, 0.5) is 0 Å². The quantitative estimate of drug-likeness (QED) is 0.699. The second-order valence-corrected chi connectivity index (χ2v) is 6.66. The van der Waals surface area contributed by atoms with Gasteiger partial charge >= 0.3 is 0 Å². The summed E-state index contributed by atoms with van der Waals surface area (Å²) in [5, 5.41) is 2.93. The second-order valence-electron chi connectivity index (χ2n) is 6.66. The largest absolute Gasteiger partial charge is 0.494 e. The van der Waals surface area contributed by atoms with Gasteiger partial charge in [0.25, 0.3) is 0 Å². The van der Waals surface area contributed by atoms with Crippen molar-refractivity contribution >= 4 is 11.8 Å². The second kappa shape index (κ2) is 10.7. The highest BCUT2D eigenvalue weighted by Gasteiger charge is 2.15. The molecule has 1 aliphatic heterocycles. The molecule has 1 N–H and O–H groups in total. The molecule has 5 heteroatoms. The van der Waals surface area contributed by atoms with E-state index < -0.39 is 0 Å². The van der Waals surface area contributed by atoms with Gasteiger partial charge in [0.05, 0.1) is 6.61 Å². The lowest BCUT2D eigenvalue weighted by Crippen LogP contribution is -2.34. The summed E-state index contributed by atoms with van der Waals surface area (Å²) in [7, 11) is 0. The first-order valence-electron chi connectivity index (χ1n) is 9.39. The SMILES string of the molecule is Cc1cccc(OCCCC(=O)NCCCN2CCCCCC2=O)c1. The van der Waals surface area contributed by atoms with Crippen LogP contribution in [0.5, 0.6) is 5.75 Å². The zero-order valence-electron chi connectivity index (χ0n) is 15.3. The van der Waals surface area contributed by atoms with E-state index in [1.807, 2.05) is 36.1 Å². The van der Waals surface area contributed by atoms with Gasteiger partial charge in [0, 0.05) is 32.5 Å². The molecule has 0 atom stereocenters. The number of aryl methyl sites for hydroxylation is 1. The fourth-order valence-electron chi connectivity index (χ4n) is 2.99. The van der Waals surface area contributed by atoms with Crippen LogP contribution in [0.3, 0.4) is 0 Å². The van der Waals surface area contributed by atoms with E-state index in [2.05, 4.69) is 5.32 Å². The molecule has 0 aromatic heterocycles. The first-order valence-corrected chi connectivity index (χ1v) is 9.39. The molecule has 1 saturated heterocycles. The molecule has 1 aromatic rings. The van der Waals surface area contributed by atoms with Crippen LogP contribution in [-0.2, 0) is 9.59 Å². The molecule has 0 bridgehead atoms. The van der Waals surface area contributed by atoms with Crippen molar-refractivity contribution in [3.05, 3.63) is 29.8 Å². The number of likely N-dealkylation sites (tertiary alicyclic amines) is 1. The van der Waals surface area contributed by atoms with Crippen LogP contribution in [0.15, 0.2) is 24.3 Å². The smallest absolute Gasteiger partial charge is 0.222 e. The molecule has 5 nitrogen and oxygen atoms in total. The lowest BCUT2D eigenvalue weighted by Gasteiger charge is -2.20. The number of nitrogens with one attached hydrogen (secondary N) is 1. The number of hydrogen-bond acceptors (Lipinski definition) is 3. The Morgan fingerprint density at radius 2 is 2.12 bits per heavy atom. The summed E-state index contributed by atoms with van der Waals surface area (Å²) in [6.07, 6.45) is 5.91. The van der Waals surface area contributed by atoms with E-state index >= 15 is 0 Å². The molecule has 0 radical (unpaired) electrons. The maximum atomic E-state index is 11.9. The topological polar surface area (TPSA) is 58.6 Å². The van der Waals surface area contributed by atoms with E-state index in [-0.39, 0.29) is 11.8 Å². The summed E-state index contributed by atoms with van der Waals surface area (Å²) in [6, 6.07) is 7.91.